The monoisotopic (exact) mass is 360 g/mol. The SMILES string of the molecule is CC(=O)c1ccc(S(=O)(=O)N2CCN(c3ccc(C)nn3)CC2)cc1. The third-order valence-corrected chi connectivity index (χ3v) is 6.16. The second-order valence-corrected chi connectivity index (χ2v) is 7.94. The molecular formula is C17H20N4O3S. The van der Waals surface area contributed by atoms with Gasteiger partial charge in [-0.1, -0.05) is 12.1 Å². The Labute approximate surface area is 147 Å². The van der Waals surface area contributed by atoms with Gasteiger partial charge in [-0.15, -0.1) is 5.10 Å². The minimum absolute atomic E-state index is 0.0863. The number of Topliss-reactive ketones (excluding diaryl/α,β-unsaturated/α-hetero) is 1. The second kappa shape index (κ2) is 6.89. The van der Waals surface area contributed by atoms with Gasteiger partial charge in [0.1, 0.15) is 0 Å². The topological polar surface area (TPSA) is 83.5 Å². The number of aryl methyl sites for hydroxylation is 1. The molecule has 0 amide bonds. The molecule has 2 aromatic rings. The average molecular weight is 360 g/mol. The maximum atomic E-state index is 12.8. The molecular weight excluding hydrogens is 340 g/mol. The predicted molar refractivity (Wildman–Crippen MR) is 94.2 cm³/mol. The van der Waals surface area contributed by atoms with E-state index in [-0.39, 0.29) is 10.7 Å². The van der Waals surface area contributed by atoms with E-state index in [0.29, 0.717) is 31.7 Å². The van der Waals surface area contributed by atoms with Crippen LogP contribution in [0.25, 0.3) is 0 Å². The van der Waals surface area contributed by atoms with Crippen molar-refractivity contribution in [1.82, 2.24) is 14.5 Å². The highest BCUT2D eigenvalue weighted by molar-refractivity contribution is 7.89. The van der Waals surface area contributed by atoms with Crippen molar-refractivity contribution >= 4 is 21.6 Å². The van der Waals surface area contributed by atoms with Gasteiger partial charge >= 0.3 is 0 Å². The fourth-order valence-corrected chi connectivity index (χ4v) is 4.15. The molecule has 1 fully saturated rings. The smallest absolute Gasteiger partial charge is 0.243 e. The zero-order valence-corrected chi connectivity index (χ0v) is 15.0. The molecule has 1 aliphatic rings. The summed E-state index contributed by atoms with van der Waals surface area (Å²) < 4.78 is 27.0. The molecule has 25 heavy (non-hydrogen) atoms. The van der Waals surface area contributed by atoms with Crippen LogP contribution in [0.15, 0.2) is 41.3 Å². The molecule has 0 bridgehead atoms. The zero-order chi connectivity index (χ0) is 18.0. The molecule has 0 saturated carbocycles. The van der Waals surface area contributed by atoms with E-state index < -0.39 is 10.0 Å². The standard InChI is InChI=1S/C17H20N4O3S/c1-13-3-8-17(19-18-13)20-9-11-21(12-10-20)25(23,24)16-6-4-15(5-7-16)14(2)22/h3-8H,9-12H2,1-2H3. The normalized spacial score (nSPS) is 16.0. The number of sulfonamides is 1. The summed E-state index contributed by atoms with van der Waals surface area (Å²) in [7, 11) is -3.56. The van der Waals surface area contributed by atoms with Crippen LogP contribution in [0, 0.1) is 6.92 Å². The third kappa shape index (κ3) is 3.69. The first-order chi connectivity index (χ1) is 11.9. The summed E-state index contributed by atoms with van der Waals surface area (Å²) in [4.78, 5) is 13.6. The number of piperazine rings is 1. The maximum Gasteiger partial charge on any atom is 0.243 e. The molecule has 132 valence electrons. The van der Waals surface area contributed by atoms with Crippen LogP contribution in [-0.4, -0.2) is 54.9 Å². The number of carbonyl (C=O) groups excluding carboxylic acids is 1. The highest BCUT2D eigenvalue weighted by Crippen LogP contribution is 2.20. The number of anilines is 1. The van der Waals surface area contributed by atoms with E-state index >= 15 is 0 Å². The van der Waals surface area contributed by atoms with Crippen molar-refractivity contribution in [2.24, 2.45) is 0 Å². The van der Waals surface area contributed by atoms with Crippen LogP contribution in [0.2, 0.25) is 0 Å². The van der Waals surface area contributed by atoms with Crippen molar-refractivity contribution < 1.29 is 13.2 Å². The summed E-state index contributed by atoms with van der Waals surface area (Å²) in [5.74, 6) is 0.672. The molecule has 0 radical (unpaired) electrons. The number of nitrogens with zero attached hydrogens (tertiary/aromatic N) is 4. The molecule has 0 aliphatic carbocycles. The van der Waals surface area contributed by atoms with Gasteiger partial charge in [0.15, 0.2) is 11.6 Å². The lowest BCUT2D eigenvalue weighted by atomic mass is 10.2. The van der Waals surface area contributed by atoms with Crippen LogP contribution in [0.5, 0.6) is 0 Å². The molecule has 0 atom stereocenters. The number of rotatable bonds is 4. The largest absolute Gasteiger partial charge is 0.352 e. The second-order valence-electron chi connectivity index (χ2n) is 6.00. The number of hydrogen-bond donors (Lipinski definition) is 0. The molecule has 0 N–H and O–H groups in total. The van der Waals surface area contributed by atoms with E-state index in [1.165, 1.54) is 23.4 Å². The van der Waals surface area contributed by atoms with Crippen molar-refractivity contribution in [3.63, 3.8) is 0 Å². The quantitative estimate of drug-likeness (QED) is 0.769. The molecule has 7 nitrogen and oxygen atoms in total. The summed E-state index contributed by atoms with van der Waals surface area (Å²) in [5, 5.41) is 8.19. The van der Waals surface area contributed by atoms with Crippen LogP contribution < -0.4 is 4.90 Å². The Hall–Kier alpha value is -2.32. The lowest BCUT2D eigenvalue weighted by molar-refractivity contribution is 0.101. The Balaban J connectivity index is 1.70. The van der Waals surface area contributed by atoms with Gasteiger partial charge in [0.05, 0.1) is 10.6 Å². The van der Waals surface area contributed by atoms with Crippen LogP contribution in [0.3, 0.4) is 0 Å². The first-order valence-electron chi connectivity index (χ1n) is 8.04. The highest BCUT2D eigenvalue weighted by Gasteiger charge is 2.29. The molecule has 1 aromatic carbocycles. The van der Waals surface area contributed by atoms with E-state index in [2.05, 4.69) is 10.2 Å². The minimum atomic E-state index is -3.56. The zero-order valence-electron chi connectivity index (χ0n) is 14.2. The first-order valence-corrected chi connectivity index (χ1v) is 9.48. The summed E-state index contributed by atoms with van der Waals surface area (Å²) in [5.41, 5.74) is 1.35. The Morgan fingerprint density at radius 3 is 2.12 bits per heavy atom. The molecule has 1 saturated heterocycles. The molecule has 1 aliphatic heterocycles. The van der Waals surface area contributed by atoms with Crippen LogP contribution in [-0.2, 0) is 10.0 Å². The summed E-state index contributed by atoms with van der Waals surface area (Å²) >= 11 is 0. The average Bonchev–Trinajstić information content (AvgIpc) is 2.62. The molecule has 8 heteroatoms. The van der Waals surface area contributed by atoms with Crippen LogP contribution in [0.4, 0.5) is 5.82 Å². The Morgan fingerprint density at radius 2 is 1.60 bits per heavy atom. The van der Waals surface area contributed by atoms with Crippen LogP contribution >= 0.6 is 0 Å². The van der Waals surface area contributed by atoms with E-state index in [9.17, 15) is 13.2 Å². The van der Waals surface area contributed by atoms with E-state index in [1.54, 1.807) is 12.1 Å². The van der Waals surface area contributed by atoms with Crippen molar-refractivity contribution in [3.05, 3.63) is 47.7 Å². The van der Waals surface area contributed by atoms with E-state index in [1.807, 2.05) is 24.0 Å². The van der Waals surface area contributed by atoms with Gasteiger partial charge in [-0.05, 0) is 38.1 Å². The number of hydrogen-bond acceptors (Lipinski definition) is 6. The summed E-state index contributed by atoms with van der Waals surface area (Å²) in [6.45, 7) is 5.21. The van der Waals surface area contributed by atoms with Gasteiger partial charge in [-0.25, -0.2) is 8.42 Å². The third-order valence-electron chi connectivity index (χ3n) is 4.25. The van der Waals surface area contributed by atoms with Crippen molar-refractivity contribution in [2.75, 3.05) is 31.1 Å². The first kappa shape index (κ1) is 17.5. The summed E-state index contributed by atoms with van der Waals surface area (Å²) in [6, 6.07) is 9.86. The fourth-order valence-electron chi connectivity index (χ4n) is 2.73. The van der Waals surface area contributed by atoms with E-state index in [0.717, 1.165) is 11.5 Å². The van der Waals surface area contributed by atoms with Gasteiger partial charge in [-0.3, -0.25) is 4.79 Å². The minimum Gasteiger partial charge on any atom is -0.352 e. The molecule has 0 unspecified atom stereocenters. The van der Waals surface area contributed by atoms with Crippen molar-refractivity contribution in [3.8, 4) is 0 Å². The van der Waals surface area contributed by atoms with Gasteiger partial charge in [0.25, 0.3) is 0 Å². The van der Waals surface area contributed by atoms with Gasteiger partial charge in [0.2, 0.25) is 10.0 Å². The Morgan fingerprint density at radius 1 is 0.960 bits per heavy atom. The fraction of sp³-hybridized carbons (Fsp3) is 0.353. The number of carbonyl (C=O) groups is 1. The lowest BCUT2D eigenvalue weighted by Gasteiger charge is -2.34. The van der Waals surface area contributed by atoms with Crippen LogP contribution in [0.1, 0.15) is 23.0 Å². The van der Waals surface area contributed by atoms with Gasteiger partial charge in [0, 0.05) is 31.7 Å². The maximum absolute atomic E-state index is 12.8. The molecule has 3 rings (SSSR count). The number of ketones is 1. The van der Waals surface area contributed by atoms with Gasteiger partial charge in [-0.2, -0.15) is 9.40 Å². The van der Waals surface area contributed by atoms with Crippen molar-refractivity contribution in [1.29, 1.82) is 0 Å². The number of benzene rings is 1. The molecule has 2 heterocycles. The Kier molecular flexibility index (Phi) is 4.82. The summed E-state index contributed by atoms with van der Waals surface area (Å²) in [6.07, 6.45) is 0. The molecule has 0 spiro atoms. The van der Waals surface area contributed by atoms with Gasteiger partial charge < -0.3 is 4.90 Å². The van der Waals surface area contributed by atoms with E-state index in [4.69, 9.17) is 0 Å². The predicted octanol–water partition coefficient (Wildman–Crippen LogP) is 1.50. The molecule has 1 aromatic heterocycles. The van der Waals surface area contributed by atoms with Crippen molar-refractivity contribution in [2.45, 2.75) is 18.7 Å². The number of aromatic nitrogens is 2. The highest BCUT2D eigenvalue weighted by atomic mass is 32.2. The lowest BCUT2D eigenvalue weighted by Crippen LogP contribution is -2.49. The Bertz CT molecular complexity index is 856.